The lowest BCUT2D eigenvalue weighted by Crippen LogP contribution is -2.22. The molecule has 7 heteroatoms. The Kier molecular flexibility index (Phi) is 5.42. The Morgan fingerprint density at radius 1 is 1.27 bits per heavy atom. The summed E-state index contributed by atoms with van der Waals surface area (Å²) in [5.41, 5.74) is 2.31. The molecular formula is C15H17N2O3PS. The number of aromatic nitrogens is 1. The molecule has 0 saturated heterocycles. The minimum Gasteiger partial charge on any atom is -0.399 e. The zero-order valence-corrected chi connectivity index (χ0v) is 14.0. The van der Waals surface area contributed by atoms with Crippen molar-refractivity contribution in [2.24, 2.45) is 5.16 Å². The first-order valence-corrected chi connectivity index (χ1v) is 9.40. The van der Waals surface area contributed by atoms with Gasteiger partial charge in [-0.05, 0) is 35.9 Å². The number of aryl methyl sites for hydroxylation is 1. The smallest absolute Gasteiger partial charge is 0.215 e. The Labute approximate surface area is 134 Å². The molecule has 0 aliphatic heterocycles. The lowest BCUT2D eigenvalue weighted by atomic mass is 10.0. The molecule has 1 aromatic heterocycles. The lowest BCUT2D eigenvalue weighted by molar-refractivity contribution is 0.214. The Balaban J connectivity index is 2.74. The number of nitrogens with zero attached hydrogens (tertiary/aromatic N) is 2. The highest BCUT2D eigenvalue weighted by Gasteiger charge is 2.24. The molecule has 0 aliphatic rings. The van der Waals surface area contributed by atoms with Gasteiger partial charge in [0, 0.05) is 17.1 Å². The van der Waals surface area contributed by atoms with Crippen LogP contribution in [0.3, 0.4) is 0 Å². The molecular weight excluding hydrogens is 319 g/mol. The van der Waals surface area contributed by atoms with Crippen LogP contribution < -0.4 is 5.30 Å². The topological polar surface area (TPSA) is 74.9 Å². The molecule has 0 unspecified atom stereocenters. The maximum absolute atomic E-state index is 10.1. The predicted octanol–water partition coefficient (Wildman–Crippen LogP) is 1.96. The summed E-state index contributed by atoms with van der Waals surface area (Å²) in [6.07, 6.45) is 2.27. The molecule has 0 fully saturated rings. The number of hydrogen-bond donors (Lipinski definition) is 2. The predicted molar refractivity (Wildman–Crippen MR) is 91.1 cm³/mol. The van der Waals surface area contributed by atoms with E-state index in [9.17, 15) is 9.79 Å². The molecule has 2 N–H and O–H groups in total. The van der Waals surface area contributed by atoms with E-state index in [2.05, 4.69) is 10.1 Å². The number of hydrogen-bond acceptors (Lipinski definition) is 4. The van der Waals surface area contributed by atoms with Crippen molar-refractivity contribution in [2.75, 3.05) is 7.11 Å². The van der Waals surface area contributed by atoms with Gasteiger partial charge in [0.2, 0.25) is 6.49 Å². The van der Waals surface area contributed by atoms with Gasteiger partial charge in [-0.15, -0.1) is 0 Å². The first-order chi connectivity index (χ1) is 10.5. The normalized spacial score (nSPS) is 12.3. The third kappa shape index (κ3) is 3.59. The second-order valence-electron chi connectivity index (χ2n) is 4.55. The molecule has 0 atom stereocenters. The largest absolute Gasteiger partial charge is 0.399 e. The van der Waals surface area contributed by atoms with Gasteiger partial charge in [-0.1, -0.05) is 36.3 Å². The Hall–Kier alpha value is -1.59. The van der Waals surface area contributed by atoms with Crippen LogP contribution in [0.5, 0.6) is 0 Å². The van der Waals surface area contributed by atoms with E-state index >= 15 is 0 Å². The SMILES string of the molecule is CCc1cccc(/C(=N\OC)c2ccccn2)c1P(O)(O)=S. The van der Waals surface area contributed by atoms with Crippen LogP contribution in [0.4, 0.5) is 0 Å². The highest BCUT2D eigenvalue weighted by atomic mass is 32.5. The van der Waals surface area contributed by atoms with E-state index < -0.39 is 6.49 Å². The van der Waals surface area contributed by atoms with Crippen molar-refractivity contribution in [1.29, 1.82) is 0 Å². The van der Waals surface area contributed by atoms with Crippen LogP contribution in [-0.4, -0.2) is 27.6 Å². The average Bonchev–Trinajstić information content (AvgIpc) is 2.51. The van der Waals surface area contributed by atoms with Gasteiger partial charge < -0.3 is 14.6 Å². The molecule has 22 heavy (non-hydrogen) atoms. The molecule has 2 aromatic rings. The third-order valence-corrected chi connectivity index (χ3v) is 4.80. The van der Waals surface area contributed by atoms with E-state index in [1.54, 1.807) is 24.4 Å². The van der Waals surface area contributed by atoms with Crippen molar-refractivity contribution < 1.29 is 14.6 Å². The summed E-state index contributed by atoms with van der Waals surface area (Å²) in [5, 5.41) is 4.36. The van der Waals surface area contributed by atoms with Gasteiger partial charge in [-0.25, -0.2) is 0 Å². The zero-order valence-electron chi connectivity index (χ0n) is 12.3. The summed E-state index contributed by atoms with van der Waals surface area (Å²) in [4.78, 5) is 29.4. The maximum atomic E-state index is 10.1. The molecule has 1 heterocycles. The monoisotopic (exact) mass is 336 g/mol. The van der Waals surface area contributed by atoms with Crippen molar-refractivity contribution in [3.63, 3.8) is 0 Å². The number of oxime groups is 1. The van der Waals surface area contributed by atoms with Crippen molar-refractivity contribution in [3.05, 3.63) is 59.4 Å². The van der Waals surface area contributed by atoms with Crippen molar-refractivity contribution >= 4 is 29.3 Å². The van der Waals surface area contributed by atoms with Gasteiger partial charge >= 0.3 is 0 Å². The molecule has 0 radical (unpaired) electrons. The number of benzene rings is 1. The highest BCUT2D eigenvalue weighted by Crippen LogP contribution is 2.37. The van der Waals surface area contributed by atoms with E-state index in [4.69, 9.17) is 16.6 Å². The first kappa shape index (κ1) is 16.8. The minimum atomic E-state index is -3.64. The summed E-state index contributed by atoms with van der Waals surface area (Å²) < 4.78 is 0. The molecule has 0 bridgehead atoms. The Bertz CT molecular complexity index is 729. The maximum Gasteiger partial charge on any atom is 0.215 e. The second kappa shape index (κ2) is 7.11. The summed E-state index contributed by atoms with van der Waals surface area (Å²) >= 11 is 4.95. The van der Waals surface area contributed by atoms with E-state index in [1.165, 1.54) is 7.11 Å². The lowest BCUT2D eigenvalue weighted by Gasteiger charge is -2.18. The average molecular weight is 336 g/mol. The van der Waals surface area contributed by atoms with Crippen LogP contribution in [0.2, 0.25) is 0 Å². The van der Waals surface area contributed by atoms with Crippen LogP contribution in [0.15, 0.2) is 47.8 Å². The van der Waals surface area contributed by atoms with E-state index in [0.717, 1.165) is 5.56 Å². The quantitative estimate of drug-likeness (QED) is 0.496. The van der Waals surface area contributed by atoms with Crippen LogP contribution in [0, 0.1) is 0 Å². The van der Waals surface area contributed by atoms with Crippen LogP contribution in [-0.2, 0) is 23.1 Å². The summed E-state index contributed by atoms with van der Waals surface area (Å²) in [7, 11) is 1.43. The first-order valence-electron chi connectivity index (χ1n) is 6.70. The fraction of sp³-hybridized carbons (Fsp3) is 0.200. The molecule has 1 aromatic carbocycles. The van der Waals surface area contributed by atoms with Crippen LogP contribution >= 0.6 is 6.49 Å². The molecule has 0 amide bonds. The standard InChI is InChI=1S/C15H17N2O3PS/c1-3-11-7-6-8-12(15(11)21(18,19)22)14(17-20-2)13-9-4-5-10-16-13/h4-10H,3H2,1-2H3,(H2,18,19,22)/b17-14+. The number of pyridine rings is 1. The molecule has 116 valence electrons. The Morgan fingerprint density at radius 2 is 2.05 bits per heavy atom. The van der Waals surface area contributed by atoms with Gasteiger partial charge in [-0.2, -0.15) is 0 Å². The zero-order chi connectivity index (χ0) is 16.2. The fourth-order valence-corrected chi connectivity index (χ4v) is 3.99. The van der Waals surface area contributed by atoms with Gasteiger partial charge in [0.25, 0.3) is 0 Å². The van der Waals surface area contributed by atoms with Gasteiger partial charge in [0.1, 0.15) is 12.8 Å². The van der Waals surface area contributed by atoms with Gasteiger partial charge in [0.05, 0.1) is 5.69 Å². The summed E-state index contributed by atoms with van der Waals surface area (Å²) in [6, 6.07) is 10.8. The second-order valence-corrected chi connectivity index (χ2v) is 7.61. The van der Waals surface area contributed by atoms with Crippen molar-refractivity contribution in [1.82, 2.24) is 4.98 Å². The molecule has 0 saturated carbocycles. The molecule has 2 rings (SSSR count). The van der Waals surface area contributed by atoms with E-state index in [0.29, 0.717) is 28.7 Å². The van der Waals surface area contributed by atoms with Crippen LogP contribution in [0.1, 0.15) is 23.7 Å². The molecule has 0 spiro atoms. The minimum absolute atomic E-state index is 0.342. The third-order valence-electron chi connectivity index (χ3n) is 3.14. The van der Waals surface area contributed by atoms with Crippen molar-refractivity contribution in [3.8, 4) is 0 Å². The van der Waals surface area contributed by atoms with Gasteiger partial charge in [-0.3, -0.25) is 4.98 Å². The molecule has 0 aliphatic carbocycles. The summed E-state index contributed by atoms with van der Waals surface area (Å²) in [5.74, 6) is 0. The highest BCUT2D eigenvalue weighted by molar-refractivity contribution is 8.12. The fourth-order valence-electron chi connectivity index (χ4n) is 2.24. The van der Waals surface area contributed by atoms with E-state index in [-0.39, 0.29) is 0 Å². The van der Waals surface area contributed by atoms with Crippen LogP contribution in [0.25, 0.3) is 0 Å². The summed E-state index contributed by atoms with van der Waals surface area (Å²) in [6.45, 7) is -1.71. The molecule has 5 nitrogen and oxygen atoms in total. The Morgan fingerprint density at radius 3 is 2.59 bits per heavy atom. The van der Waals surface area contributed by atoms with Crippen molar-refractivity contribution in [2.45, 2.75) is 13.3 Å². The van der Waals surface area contributed by atoms with E-state index in [1.807, 2.05) is 25.1 Å². The van der Waals surface area contributed by atoms with Gasteiger partial charge in [0.15, 0.2) is 0 Å². The number of rotatable bonds is 5.